The Morgan fingerprint density at radius 1 is 0.643 bits per heavy atom. The van der Waals surface area contributed by atoms with Gasteiger partial charge in [-0.1, -0.05) is 40.5 Å². The van der Waals surface area contributed by atoms with E-state index >= 15 is 0 Å². The fraction of sp³-hybridized carbons (Fsp3) is 1.00. The van der Waals surface area contributed by atoms with Crippen molar-refractivity contribution in [1.29, 1.82) is 0 Å². The van der Waals surface area contributed by atoms with Crippen LogP contribution in [-0.2, 0) is 22.9 Å². The molecule has 0 aliphatic rings. The molecule has 0 aliphatic carbocycles. The first kappa shape index (κ1) is 28.2. The number of hydrogen-bond donors (Lipinski definition) is 4. The molecule has 0 aliphatic heterocycles. The van der Waals surface area contributed by atoms with Crippen molar-refractivity contribution in [3.8, 4) is 0 Å². The van der Waals surface area contributed by atoms with Crippen LogP contribution >= 0.6 is 15.6 Å². The second kappa shape index (κ2) is 12.8. The lowest BCUT2D eigenvalue weighted by Gasteiger charge is -2.24. The molecular formula is C17H38O9P2. The largest absolute Gasteiger partial charge is 0.469 e. The van der Waals surface area contributed by atoms with Gasteiger partial charge in [-0.25, -0.2) is 9.13 Å². The maximum absolute atomic E-state index is 10.7. The van der Waals surface area contributed by atoms with Crippen LogP contribution in [0.25, 0.3) is 0 Å². The third kappa shape index (κ3) is 19.5. The van der Waals surface area contributed by atoms with E-state index in [0.29, 0.717) is 19.6 Å². The van der Waals surface area contributed by atoms with Crippen molar-refractivity contribution in [2.75, 3.05) is 26.4 Å². The summed E-state index contributed by atoms with van der Waals surface area (Å²) in [6.07, 6.45) is 5.96. The highest BCUT2D eigenvalue weighted by atomic mass is 31.2. The van der Waals surface area contributed by atoms with Crippen molar-refractivity contribution < 1.29 is 42.5 Å². The molecule has 11 heteroatoms. The van der Waals surface area contributed by atoms with Gasteiger partial charge in [0.25, 0.3) is 0 Å². The Hall–Kier alpha value is 0.180. The molecule has 0 aromatic rings. The second-order valence-corrected chi connectivity index (χ2v) is 11.2. The van der Waals surface area contributed by atoms with Crippen molar-refractivity contribution in [3.63, 3.8) is 0 Å². The Kier molecular flexibility index (Phi) is 12.9. The van der Waals surface area contributed by atoms with E-state index in [1.807, 2.05) is 13.8 Å². The molecule has 0 amide bonds. The van der Waals surface area contributed by atoms with Crippen LogP contribution in [-0.4, -0.2) is 46.0 Å². The van der Waals surface area contributed by atoms with E-state index in [2.05, 4.69) is 22.9 Å². The number of hydrogen-bond acceptors (Lipinski definition) is 5. The summed E-state index contributed by atoms with van der Waals surface area (Å²) in [4.78, 5) is 34.9. The van der Waals surface area contributed by atoms with Crippen LogP contribution < -0.4 is 0 Å². The Bertz CT molecular complexity index is 511. The summed E-state index contributed by atoms with van der Waals surface area (Å²) in [6.45, 7) is 9.31. The van der Waals surface area contributed by atoms with Crippen LogP contribution in [0.15, 0.2) is 0 Å². The molecule has 0 atom stereocenters. The van der Waals surface area contributed by atoms with Gasteiger partial charge < -0.3 is 24.3 Å². The van der Waals surface area contributed by atoms with E-state index in [0.717, 1.165) is 38.5 Å². The van der Waals surface area contributed by atoms with E-state index in [4.69, 9.17) is 24.3 Å². The van der Waals surface area contributed by atoms with Crippen molar-refractivity contribution in [2.24, 2.45) is 10.8 Å². The van der Waals surface area contributed by atoms with Crippen LogP contribution in [0.2, 0.25) is 0 Å². The van der Waals surface area contributed by atoms with Gasteiger partial charge in [0.05, 0.1) is 13.2 Å². The minimum absolute atomic E-state index is 0.0210. The van der Waals surface area contributed by atoms with Gasteiger partial charge in [0.15, 0.2) is 0 Å². The van der Waals surface area contributed by atoms with Gasteiger partial charge in [-0.15, -0.1) is 0 Å². The van der Waals surface area contributed by atoms with Crippen LogP contribution in [0.4, 0.5) is 0 Å². The minimum Gasteiger partial charge on any atom is -0.381 e. The zero-order valence-corrected chi connectivity index (χ0v) is 19.3. The average Bonchev–Trinajstić information content (AvgIpc) is 2.49. The molecule has 0 heterocycles. The predicted molar refractivity (Wildman–Crippen MR) is 107 cm³/mol. The molecule has 0 fully saturated rings. The van der Waals surface area contributed by atoms with E-state index in [9.17, 15) is 9.13 Å². The highest BCUT2D eigenvalue weighted by molar-refractivity contribution is 7.46. The highest BCUT2D eigenvalue weighted by Crippen LogP contribution is 2.39. The summed E-state index contributed by atoms with van der Waals surface area (Å²) in [6, 6.07) is 0. The van der Waals surface area contributed by atoms with Crippen LogP contribution in [0, 0.1) is 10.8 Å². The topological polar surface area (TPSA) is 143 Å². The molecule has 0 saturated carbocycles. The molecule has 0 saturated heterocycles. The van der Waals surface area contributed by atoms with Gasteiger partial charge in [-0.2, -0.15) is 0 Å². The molecule has 28 heavy (non-hydrogen) atoms. The highest BCUT2D eigenvalue weighted by Gasteiger charge is 2.24. The third-order valence-corrected chi connectivity index (χ3v) is 5.43. The van der Waals surface area contributed by atoms with E-state index < -0.39 is 15.6 Å². The summed E-state index contributed by atoms with van der Waals surface area (Å²) < 4.78 is 36.1. The number of rotatable bonds is 17. The number of phosphoric ester groups is 2. The standard InChI is InChI=1S/C17H38O9P2/c1-16(2,11-14-25-27(18,19)20)9-5-7-12-24-13-8-6-10-17(3,4)15-26-28(21,22)23/h5-15H2,1-4H3,(H2,18,19,20)(H2,21,22,23). The first-order chi connectivity index (χ1) is 12.6. The third-order valence-electron chi connectivity index (χ3n) is 4.45. The smallest absolute Gasteiger partial charge is 0.381 e. The summed E-state index contributed by atoms with van der Waals surface area (Å²) in [5.41, 5.74) is -0.341. The molecule has 4 N–H and O–H groups in total. The number of ether oxygens (including phenoxy) is 1. The molecule has 0 radical (unpaired) electrons. The quantitative estimate of drug-likeness (QED) is 0.192. The second-order valence-electron chi connectivity index (χ2n) is 8.69. The molecule has 0 spiro atoms. The zero-order valence-electron chi connectivity index (χ0n) is 17.5. The van der Waals surface area contributed by atoms with Gasteiger partial charge in [-0.3, -0.25) is 9.05 Å². The Balaban J connectivity index is 3.66. The van der Waals surface area contributed by atoms with Gasteiger partial charge >= 0.3 is 15.6 Å². The fourth-order valence-electron chi connectivity index (χ4n) is 2.61. The molecular weight excluding hydrogens is 410 g/mol. The number of unbranched alkanes of at least 4 members (excludes halogenated alkanes) is 2. The lowest BCUT2D eigenvalue weighted by molar-refractivity contribution is 0.105. The maximum atomic E-state index is 10.7. The normalized spacial score (nSPS) is 13.9. The minimum atomic E-state index is -4.42. The first-order valence-corrected chi connectivity index (χ1v) is 12.7. The van der Waals surface area contributed by atoms with Crippen LogP contribution in [0.5, 0.6) is 0 Å². The predicted octanol–water partition coefficient (Wildman–Crippen LogP) is 4.00. The van der Waals surface area contributed by atoms with Gasteiger partial charge in [0.2, 0.25) is 0 Å². The Morgan fingerprint density at radius 2 is 1.11 bits per heavy atom. The molecule has 9 nitrogen and oxygen atoms in total. The van der Waals surface area contributed by atoms with Crippen molar-refractivity contribution in [3.05, 3.63) is 0 Å². The summed E-state index contributed by atoms with van der Waals surface area (Å²) in [7, 11) is -8.80. The molecule has 170 valence electrons. The van der Waals surface area contributed by atoms with E-state index in [1.165, 1.54) is 0 Å². The van der Waals surface area contributed by atoms with Gasteiger partial charge in [0, 0.05) is 13.2 Å². The molecule has 0 bridgehead atoms. The van der Waals surface area contributed by atoms with E-state index in [-0.39, 0.29) is 24.0 Å². The zero-order chi connectivity index (χ0) is 21.9. The van der Waals surface area contributed by atoms with Crippen molar-refractivity contribution in [2.45, 2.75) is 72.6 Å². The van der Waals surface area contributed by atoms with Gasteiger partial charge in [0.1, 0.15) is 0 Å². The monoisotopic (exact) mass is 448 g/mol. The SMILES string of the molecule is CC(C)(CCCCOCCCCC(C)(C)COP(=O)(O)O)CCOP(=O)(O)O. The average molecular weight is 448 g/mol. The lowest BCUT2D eigenvalue weighted by Crippen LogP contribution is -2.18. The number of phosphoric acid groups is 2. The molecule has 0 unspecified atom stereocenters. The fourth-order valence-corrected chi connectivity index (χ4v) is 3.46. The van der Waals surface area contributed by atoms with Crippen molar-refractivity contribution >= 4 is 15.6 Å². The first-order valence-electron chi connectivity index (χ1n) is 9.60. The van der Waals surface area contributed by atoms with Gasteiger partial charge in [-0.05, 0) is 42.9 Å². The van der Waals surface area contributed by atoms with Crippen LogP contribution in [0.3, 0.4) is 0 Å². The Labute approximate surface area is 168 Å². The lowest BCUT2D eigenvalue weighted by atomic mass is 9.84. The summed E-state index contributed by atoms with van der Waals surface area (Å²) in [5, 5.41) is 0. The summed E-state index contributed by atoms with van der Waals surface area (Å²) >= 11 is 0. The molecule has 0 aromatic carbocycles. The molecule has 0 rings (SSSR count). The van der Waals surface area contributed by atoms with Crippen LogP contribution in [0.1, 0.15) is 72.6 Å². The maximum Gasteiger partial charge on any atom is 0.469 e. The van der Waals surface area contributed by atoms with Crippen molar-refractivity contribution in [1.82, 2.24) is 0 Å². The Morgan fingerprint density at radius 3 is 1.57 bits per heavy atom. The summed E-state index contributed by atoms with van der Waals surface area (Å²) in [5.74, 6) is 0. The van der Waals surface area contributed by atoms with E-state index in [1.54, 1.807) is 0 Å². The molecule has 0 aromatic heterocycles.